The van der Waals surface area contributed by atoms with E-state index in [0.29, 0.717) is 0 Å². The fourth-order valence-electron chi connectivity index (χ4n) is 10.7. The molecule has 0 radical (unpaired) electrons. The highest BCUT2D eigenvalue weighted by molar-refractivity contribution is 7.26. The molecule has 1 aliphatic rings. The molecule has 13 rings (SSSR count). The Morgan fingerprint density at radius 2 is 0.953 bits per heavy atom. The number of hydrogen-bond donors (Lipinski definition) is 0. The largest absolute Gasteiger partial charge is 0.455 e. The van der Waals surface area contributed by atoms with E-state index in [1.807, 2.05) is 11.3 Å². The molecule has 0 atom stereocenters. The first kappa shape index (κ1) is 36.9. The lowest BCUT2D eigenvalue weighted by Crippen LogP contribution is -2.16. The smallest absolute Gasteiger partial charge is 0.143 e. The van der Waals surface area contributed by atoms with E-state index < -0.39 is 0 Å². The van der Waals surface area contributed by atoms with Crippen LogP contribution in [0.2, 0.25) is 0 Å². The van der Waals surface area contributed by atoms with Crippen molar-refractivity contribution in [2.24, 2.45) is 0 Å². The van der Waals surface area contributed by atoms with Crippen molar-refractivity contribution in [3.05, 3.63) is 223 Å². The van der Waals surface area contributed by atoms with Crippen molar-refractivity contribution >= 4 is 81.3 Å². The number of furan rings is 1. The van der Waals surface area contributed by atoms with Gasteiger partial charge in [0.25, 0.3) is 0 Å². The van der Waals surface area contributed by atoms with E-state index >= 15 is 0 Å². The average molecular weight is 836 g/mol. The van der Waals surface area contributed by atoms with Crippen molar-refractivity contribution in [2.45, 2.75) is 19.3 Å². The van der Waals surface area contributed by atoms with Gasteiger partial charge in [0.15, 0.2) is 0 Å². The van der Waals surface area contributed by atoms with E-state index in [4.69, 9.17) is 4.42 Å². The second kappa shape index (κ2) is 14.2. The van der Waals surface area contributed by atoms with Crippen LogP contribution in [-0.4, -0.2) is 0 Å². The highest BCUT2D eigenvalue weighted by Gasteiger charge is 2.37. The molecule has 12 aromatic rings. The summed E-state index contributed by atoms with van der Waals surface area (Å²) >= 11 is 1.87. The molecule has 0 bridgehead atoms. The van der Waals surface area contributed by atoms with Gasteiger partial charge in [-0.25, -0.2) is 0 Å². The molecule has 64 heavy (non-hydrogen) atoms. The monoisotopic (exact) mass is 835 g/mol. The standard InChI is InChI=1S/C61H41NOS/c1-61(2)54-25-8-5-16-46(54)49-21-11-19-43(57(49)61)39-28-33-41(34-29-39)62(42-35-30-40(31-36-42)45-20-12-24-53-48-18-7-10-27-56(48)64-60(45)53)55-26-9-6-17-47(55)50-22-13-23-51-52-37-32-38-14-3-4-15-44(38)58(52)63-59(50)51/h3-37H,1-2H3. The van der Waals surface area contributed by atoms with Gasteiger partial charge in [-0.15, -0.1) is 11.3 Å². The maximum atomic E-state index is 6.94. The predicted octanol–water partition coefficient (Wildman–Crippen LogP) is 17.9. The molecule has 0 fully saturated rings. The van der Waals surface area contributed by atoms with Crippen LogP contribution in [0, 0.1) is 0 Å². The van der Waals surface area contributed by atoms with E-state index in [0.717, 1.165) is 55.5 Å². The van der Waals surface area contributed by atoms with Gasteiger partial charge in [0, 0.05) is 64.2 Å². The predicted molar refractivity (Wildman–Crippen MR) is 273 cm³/mol. The summed E-state index contributed by atoms with van der Waals surface area (Å²) in [5.41, 5.74) is 17.5. The van der Waals surface area contributed by atoms with E-state index in [1.54, 1.807) is 0 Å². The number of hydrogen-bond acceptors (Lipinski definition) is 3. The molecule has 10 aromatic carbocycles. The Hall–Kier alpha value is -7.72. The zero-order valence-corrected chi connectivity index (χ0v) is 36.3. The molecule has 0 amide bonds. The minimum atomic E-state index is -0.113. The van der Waals surface area contributed by atoms with E-state index in [-0.39, 0.29) is 5.41 Å². The molecular formula is C61H41NOS. The van der Waals surface area contributed by atoms with Crippen molar-refractivity contribution < 1.29 is 4.42 Å². The molecule has 2 heterocycles. The van der Waals surface area contributed by atoms with Crippen LogP contribution in [0.1, 0.15) is 25.0 Å². The van der Waals surface area contributed by atoms with Crippen LogP contribution in [0.25, 0.3) is 97.4 Å². The maximum absolute atomic E-state index is 6.94. The molecule has 0 aliphatic heterocycles. The SMILES string of the molecule is CC1(C)c2ccccc2-c2cccc(-c3ccc(N(c4ccc(-c5cccc6c5sc5ccccc56)cc4)c4ccccc4-c4cccc5c4oc4c6ccccc6ccc54)cc3)c21. The Bertz CT molecular complexity index is 3810. The van der Waals surface area contributed by atoms with E-state index in [1.165, 1.54) is 70.1 Å². The number of rotatable bonds is 6. The summed E-state index contributed by atoms with van der Waals surface area (Å²) in [6.45, 7) is 4.73. The molecule has 0 N–H and O–H groups in total. The lowest BCUT2D eigenvalue weighted by Gasteiger charge is -2.28. The number of nitrogens with zero attached hydrogens (tertiary/aromatic N) is 1. The summed E-state index contributed by atoms with van der Waals surface area (Å²) in [5.74, 6) is 0. The highest BCUT2D eigenvalue weighted by Crippen LogP contribution is 2.53. The normalized spacial score (nSPS) is 13.0. The van der Waals surface area contributed by atoms with Gasteiger partial charge in [-0.1, -0.05) is 184 Å². The second-order valence-electron chi connectivity index (χ2n) is 17.6. The Kier molecular flexibility index (Phi) is 8.16. The molecule has 0 saturated heterocycles. The molecule has 0 saturated carbocycles. The minimum absolute atomic E-state index is 0.113. The van der Waals surface area contributed by atoms with Crippen LogP contribution in [0.15, 0.2) is 217 Å². The Labute approximate surface area is 375 Å². The third-order valence-electron chi connectivity index (χ3n) is 13.7. The van der Waals surface area contributed by atoms with E-state index in [9.17, 15) is 0 Å². The van der Waals surface area contributed by atoms with Crippen molar-refractivity contribution in [2.75, 3.05) is 4.90 Å². The van der Waals surface area contributed by atoms with Crippen molar-refractivity contribution in [3.8, 4) is 44.5 Å². The van der Waals surface area contributed by atoms with Gasteiger partial charge >= 0.3 is 0 Å². The number of thiophene rings is 1. The topological polar surface area (TPSA) is 16.4 Å². The molecule has 0 unspecified atom stereocenters. The van der Waals surface area contributed by atoms with Crippen LogP contribution in [0.5, 0.6) is 0 Å². The van der Waals surface area contributed by atoms with Crippen molar-refractivity contribution in [1.82, 2.24) is 0 Å². The Balaban J connectivity index is 0.976. The maximum Gasteiger partial charge on any atom is 0.143 e. The fraction of sp³-hybridized carbons (Fsp3) is 0.0492. The molecule has 3 heteroatoms. The Morgan fingerprint density at radius 1 is 0.391 bits per heavy atom. The summed E-state index contributed by atoms with van der Waals surface area (Å²) < 4.78 is 9.58. The van der Waals surface area contributed by atoms with E-state index in [2.05, 4.69) is 231 Å². The number of benzene rings is 10. The summed E-state index contributed by atoms with van der Waals surface area (Å²) in [6, 6.07) is 77.7. The van der Waals surface area contributed by atoms with Crippen LogP contribution in [-0.2, 0) is 5.41 Å². The number of anilines is 3. The third kappa shape index (κ3) is 5.51. The van der Waals surface area contributed by atoms with Gasteiger partial charge in [-0.2, -0.15) is 0 Å². The van der Waals surface area contributed by atoms with Gasteiger partial charge in [0.2, 0.25) is 0 Å². The first-order chi connectivity index (χ1) is 31.5. The molecule has 1 aliphatic carbocycles. The second-order valence-corrected chi connectivity index (χ2v) is 18.6. The van der Waals surface area contributed by atoms with Crippen molar-refractivity contribution in [1.29, 1.82) is 0 Å². The molecule has 2 nitrogen and oxygen atoms in total. The lowest BCUT2D eigenvalue weighted by molar-refractivity contribution is 0.662. The summed E-state index contributed by atoms with van der Waals surface area (Å²) in [5, 5.41) is 7.16. The van der Waals surface area contributed by atoms with Crippen LogP contribution in [0.3, 0.4) is 0 Å². The lowest BCUT2D eigenvalue weighted by atomic mass is 9.79. The summed E-state index contributed by atoms with van der Waals surface area (Å²) in [7, 11) is 0. The van der Waals surface area contributed by atoms with Gasteiger partial charge < -0.3 is 9.32 Å². The zero-order chi connectivity index (χ0) is 42.5. The number of para-hydroxylation sites is 2. The fourth-order valence-corrected chi connectivity index (χ4v) is 11.9. The van der Waals surface area contributed by atoms with Crippen LogP contribution in [0.4, 0.5) is 17.1 Å². The quantitative estimate of drug-likeness (QED) is 0.166. The Morgan fingerprint density at radius 3 is 1.77 bits per heavy atom. The summed E-state index contributed by atoms with van der Waals surface area (Å²) in [4.78, 5) is 2.41. The molecular weight excluding hydrogens is 795 g/mol. The first-order valence-electron chi connectivity index (χ1n) is 22.1. The number of fused-ring (bicyclic) bond motifs is 11. The zero-order valence-electron chi connectivity index (χ0n) is 35.5. The van der Waals surface area contributed by atoms with Gasteiger partial charge in [-0.3, -0.25) is 0 Å². The highest BCUT2D eigenvalue weighted by atomic mass is 32.1. The first-order valence-corrected chi connectivity index (χ1v) is 22.9. The molecule has 302 valence electrons. The third-order valence-corrected chi connectivity index (χ3v) is 14.9. The van der Waals surface area contributed by atoms with Crippen molar-refractivity contribution in [3.63, 3.8) is 0 Å². The average Bonchev–Trinajstić information content (AvgIpc) is 4.00. The van der Waals surface area contributed by atoms with Gasteiger partial charge in [-0.05, 0) is 92.4 Å². The van der Waals surface area contributed by atoms with Gasteiger partial charge in [0.1, 0.15) is 11.2 Å². The van der Waals surface area contributed by atoms with Crippen LogP contribution < -0.4 is 4.90 Å². The molecule has 0 spiro atoms. The summed E-state index contributed by atoms with van der Waals surface area (Å²) in [6.07, 6.45) is 0. The minimum Gasteiger partial charge on any atom is -0.455 e. The molecule has 2 aromatic heterocycles. The van der Waals surface area contributed by atoms with Crippen LogP contribution >= 0.6 is 11.3 Å². The van der Waals surface area contributed by atoms with Gasteiger partial charge in [0.05, 0.1) is 5.69 Å².